The maximum Gasteiger partial charge on any atom is 0.261 e. The molecule has 3 aromatic rings. The van der Waals surface area contributed by atoms with E-state index in [1.165, 1.54) is 25.9 Å². The highest BCUT2D eigenvalue weighted by Crippen LogP contribution is 2.31. The van der Waals surface area contributed by atoms with Gasteiger partial charge in [0, 0.05) is 24.2 Å². The zero-order valence-electron chi connectivity index (χ0n) is 15.8. The molecule has 0 N–H and O–H groups in total. The molecular weight excluding hydrogens is 374 g/mol. The van der Waals surface area contributed by atoms with Crippen molar-refractivity contribution in [1.82, 2.24) is 14.5 Å². The molecule has 28 heavy (non-hydrogen) atoms. The molecule has 3 aliphatic rings. The number of halogens is 1. The summed E-state index contributed by atoms with van der Waals surface area (Å²) in [5.41, 5.74) is 1.40. The van der Waals surface area contributed by atoms with Crippen LogP contribution in [0.5, 0.6) is 5.75 Å². The fourth-order valence-electron chi connectivity index (χ4n) is 4.43. The van der Waals surface area contributed by atoms with Gasteiger partial charge in [-0.2, -0.15) is 0 Å². The van der Waals surface area contributed by atoms with Crippen LogP contribution in [0.4, 0.5) is 0 Å². The standard InChI is InChI=1S/C22H22ClN3O2/c1-25-21(15-3-2-4-16(23)11-15)24-19-6-5-17(12-18(19)22(25)27)28-20-13-26-9-7-14(20)8-10-26/h2-6,11-12,14,20H,7-10,13H2,1H3/t20-/m1/s1. The Hall–Kier alpha value is -2.37. The third-order valence-corrected chi connectivity index (χ3v) is 6.25. The minimum absolute atomic E-state index is 0.0839. The van der Waals surface area contributed by atoms with Crippen molar-refractivity contribution >= 4 is 22.5 Å². The monoisotopic (exact) mass is 395 g/mol. The Labute approximate surface area is 168 Å². The van der Waals surface area contributed by atoms with Crippen LogP contribution in [0, 0.1) is 5.92 Å². The van der Waals surface area contributed by atoms with Crippen molar-refractivity contribution in [1.29, 1.82) is 0 Å². The van der Waals surface area contributed by atoms with Crippen LogP contribution in [0.15, 0.2) is 47.3 Å². The molecule has 5 nitrogen and oxygen atoms in total. The average Bonchev–Trinajstić information content (AvgIpc) is 2.72. The first-order valence-corrected chi connectivity index (χ1v) is 10.1. The minimum atomic E-state index is -0.0839. The molecule has 0 unspecified atom stereocenters. The quantitative estimate of drug-likeness (QED) is 0.678. The topological polar surface area (TPSA) is 47.4 Å². The number of hydrogen-bond acceptors (Lipinski definition) is 4. The number of benzene rings is 2. The van der Waals surface area contributed by atoms with Crippen molar-refractivity contribution in [3.63, 3.8) is 0 Å². The fourth-order valence-corrected chi connectivity index (χ4v) is 4.62. The van der Waals surface area contributed by atoms with Crippen LogP contribution < -0.4 is 10.3 Å². The first-order valence-electron chi connectivity index (χ1n) is 9.74. The zero-order valence-corrected chi connectivity index (χ0v) is 16.5. The predicted octanol–water partition coefficient (Wildman–Crippen LogP) is 3.73. The Morgan fingerprint density at radius 3 is 2.68 bits per heavy atom. The summed E-state index contributed by atoms with van der Waals surface area (Å²) >= 11 is 6.11. The fraction of sp³-hybridized carbons (Fsp3) is 0.364. The molecule has 0 aliphatic carbocycles. The Morgan fingerprint density at radius 1 is 1.14 bits per heavy atom. The Bertz CT molecular complexity index is 1100. The SMILES string of the molecule is Cn1c(-c2cccc(Cl)c2)nc2ccc(O[C@@H]3CN4CCC3CC4)cc2c1=O. The van der Waals surface area contributed by atoms with Crippen LogP contribution in [-0.2, 0) is 7.05 Å². The van der Waals surface area contributed by atoms with Crippen molar-refractivity contribution in [2.45, 2.75) is 18.9 Å². The number of ether oxygens (including phenoxy) is 1. The number of piperidine rings is 3. The van der Waals surface area contributed by atoms with Gasteiger partial charge in [0.15, 0.2) is 0 Å². The Balaban J connectivity index is 1.51. The van der Waals surface area contributed by atoms with E-state index in [-0.39, 0.29) is 11.7 Å². The van der Waals surface area contributed by atoms with Gasteiger partial charge in [-0.1, -0.05) is 23.7 Å². The summed E-state index contributed by atoms with van der Waals surface area (Å²) in [4.78, 5) is 20.2. The molecule has 0 spiro atoms. The lowest BCUT2D eigenvalue weighted by atomic mass is 9.86. The van der Waals surface area contributed by atoms with Gasteiger partial charge in [0.2, 0.25) is 0 Å². The van der Waals surface area contributed by atoms with Gasteiger partial charge in [-0.05, 0) is 62.2 Å². The lowest BCUT2D eigenvalue weighted by Crippen LogP contribution is -2.52. The number of nitrogens with zero attached hydrogens (tertiary/aromatic N) is 3. The summed E-state index contributed by atoms with van der Waals surface area (Å²) in [5, 5.41) is 1.19. The zero-order chi connectivity index (χ0) is 19.3. The lowest BCUT2D eigenvalue weighted by molar-refractivity contribution is -0.00769. The molecule has 4 heterocycles. The van der Waals surface area contributed by atoms with Crippen LogP contribution in [0.3, 0.4) is 0 Å². The van der Waals surface area contributed by atoms with E-state index in [9.17, 15) is 4.79 Å². The van der Waals surface area contributed by atoms with E-state index in [1.807, 2.05) is 42.5 Å². The van der Waals surface area contributed by atoms with Gasteiger partial charge in [0.25, 0.3) is 5.56 Å². The van der Waals surface area contributed by atoms with E-state index in [1.54, 1.807) is 11.6 Å². The molecular formula is C22H22ClN3O2. The maximum atomic E-state index is 13.0. The predicted molar refractivity (Wildman–Crippen MR) is 111 cm³/mol. The number of aromatic nitrogens is 2. The number of fused-ring (bicyclic) bond motifs is 4. The third kappa shape index (κ3) is 3.09. The van der Waals surface area contributed by atoms with E-state index in [0.29, 0.717) is 27.7 Å². The van der Waals surface area contributed by atoms with Crippen molar-refractivity contribution in [2.75, 3.05) is 19.6 Å². The second-order valence-electron chi connectivity index (χ2n) is 7.78. The van der Waals surface area contributed by atoms with Crippen LogP contribution in [0.2, 0.25) is 5.02 Å². The highest BCUT2D eigenvalue weighted by molar-refractivity contribution is 6.30. The molecule has 3 aliphatic heterocycles. The number of hydrogen-bond donors (Lipinski definition) is 0. The smallest absolute Gasteiger partial charge is 0.261 e. The molecule has 144 valence electrons. The van der Waals surface area contributed by atoms with E-state index < -0.39 is 0 Å². The van der Waals surface area contributed by atoms with E-state index >= 15 is 0 Å². The second-order valence-corrected chi connectivity index (χ2v) is 8.22. The largest absolute Gasteiger partial charge is 0.489 e. The Morgan fingerprint density at radius 2 is 1.96 bits per heavy atom. The van der Waals surface area contributed by atoms with Crippen molar-refractivity contribution in [3.05, 3.63) is 57.8 Å². The van der Waals surface area contributed by atoms with E-state index in [2.05, 4.69) is 4.90 Å². The maximum absolute atomic E-state index is 13.0. The highest BCUT2D eigenvalue weighted by Gasteiger charge is 2.35. The van der Waals surface area contributed by atoms with Gasteiger partial charge >= 0.3 is 0 Å². The molecule has 6 rings (SSSR count). The molecule has 0 radical (unpaired) electrons. The first-order chi connectivity index (χ1) is 13.6. The molecule has 1 aromatic heterocycles. The molecule has 3 fully saturated rings. The third-order valence-electron chi connectivity index (χ3n) is 6.01. The molecule has 0 amide bonds. The van der Waals surface area contributed by atoms with Crippen molar-refractivity contribution < 1.29 is 4.74 Å². The lowest BCUT2D eigenvalue weighted by Gasteiger charge is -2.44. The summed E-state index contributed by atoms with van der Waals surface area (Å²) < 4.78 is 7.86. The van der Waals surface area contributed by atoms with Crippen molar-refractivity contribution in [3.8, 4) is 17.1 Å². The van der Waals surface area contributed by atoms with Gasteiger partial charge in [-0.3, -0.25) is 14.3 Å². The van der Waals surface area contributed by atoms with Gasteiger partial charge < -0.3 is 4.74 Å². The van der Waals surface area contributed by atoms with E-state index in [0.717, 1.165) is 17.9 Å². The molecule has 3 saturated heterocycles. The summed E-state index contributed by atoms with van der Waals surface area (Å²) in [6.07, 6.45) is 2.61. The summed E-state index contributed by atoms with van der Waals surface area (Å²) in [7, 11) is 1.74. The minimum Gasteiger partial charge on any atom is -0.489 e. The van der Waals surface area contributed by atoms with Crippen LogP contribution in [0.1, 0.15) is 12.8 Å². The van der Waals surface area contributed by atoms with E-state index in [4.69, 9.17) is 21.3 Å². The van der Waals surface area contributed by atoms with Crippen molar-refractivity contribution in [2.24, 2.45) is 13.0 Å². The van der Waals surface area contributed by atoms with Gasteiger partial charge in [0.1, 0.15) is 17.7 Å². The molecule has 2 bridgehead atoms. The second kappa shape index (κ2) is 6.90. The van der Waals surface area contributed by atoms with Gasteiger partial charge in [-0.15, -0.1) is 0 Å². The van der Waals surface area contributed by atoms with Crippen LogP contribution in [-0.4, -0.2) is 40.2 Å². The molecule has 0 saturated carbocycles. The first kappa shape index (κ1) is 17.7. The molecule has 6 heteroatoms. The summed E-state index contributed by atoms with van der Waals surface area (Å²) in [6.45, 7) is 3.34. The normalized spacial score (nSPS) is 23.9. The summed E-state index contributed by atoms with van der Waals surface area (Å²) in [5.74, 6) is 1.97. The van der Waals surface area contributed by atoms with Gasteiger partial charge in [-0.25, -0.2) is 4.98 Å². The Kier molecular flexibility index (Phi) is 4.37. The summed E-state index contributed by atoms with van der Waals surface area (Å²) in [6, 6.07) is 13.0. The van der Waals surface area contributed by atoms with Gasteiger partial charge in [0.05, 0.1) is 10.9 Å². The molecule has 1 atom stereocenters. The average molecular weight is 396 g/mol. The highest BCUT2D eigenvalue weighted by atomic mass is 35.5. The van der Waals surface area contributed by atoms with Crippen LogP contribution >= 0.6 is 11.6 Å². The number of rotatable bonds is 3. The molecule has 2 aromatic carbocycles. The van der Waals surface area contributed by atoms with Crippen LogP contribution in [0.25, 0.3) is 22.3 Å².